The molecule has 1 aromatic carbocycles. The van der Waals surface area contributed by atoms with E-state index in [1.807, 2.05) is 6.07 Å². The van der Waals surface area contributed by atoms with E-state index in [1.54, 1.807) is 18.2 Å². The van der Waals surface area contributed by atoms with Crippen molar-refractivity contribution in [3.05, 3.63) is 61.5 Å². The number of fused-ring (bicyclic) bond motifs is 1. The lowest BCUT2D eigenvalue weighted by atomic mass is 10.1. The van der Waals surface area contributed by atoms with Crippen molar-refractivity contribution in [1.29, 1.82) is 5.26 Å². The molecule has 0 aliphatic carbocycles. The maximum atomic E-state index is 12.8. The highest BCUT2D eigenvalue weighted by Gasteiger charge is 2.30. The van der Waals surface area contributed by atoms with E-state index in [4.69, 9.17) is 28.5 Å². The maximum absolute atomic E-state index is 12.8. The molecule has 0 fully saturated rings. The molecule has 128 valence electrons. The third kappa shape index (κ3) is 3.21. The van der Waals surface area contributed by atoms with Gasteiger partial charge in [0.05, 0.1) is 22.5 Å². The Bertz CT molecular complexity index is 963. The van der Waals surface area contributed by atoms with Gasteiger partial charge < -0.3 is 14.6 Å². The standard InChI is InChI=1S/C17H13Cl2N3O3/c18-12-2-1-10(7-13(12)19)9-21-5-6-22-11(3-4-20)8-14(23)16(24)15(22)17(21)25/h1-2,7-8,24H,3,5-6,9H2. The first-order valence-corrected chi connectivity index (χ1v) is 8.23. The fourth-order valence-electron chi connectivity index (χ4n) is 2.87. The average Bonchev–Trinajstić information content (AvgIpc) is 2.58. The van der Waals surface area contributed by atoms with Crippen LogP contribution in [0.2, 0.25) is 10.0 Å². The van der Waals surface area contributed by atoms with Crippen molar-refractivity contribution < 1.29 is 9.90 Å². The Labute approximate surface area is 153 Å². The van der Waals surface area contributed by atoms with Gasteiger partial charge in [0, 0.05) is 31.4 Å². The van der Waals surface area contributed by atoms with E-state index in [-0.39, 0.29) is 18.7 Å². The number of aromatic hydroxyl groups is 1. The summed E-state index contributed by atoms with van der Waals surface area (Å²) >= 11 is 11.9. The van der Waals surface area contributed by atoms with Gasteiger partial charge in [-0.15, -0.1) is 0 Å². The molecule has 0 atom stereocenters. The van der Waals surface area contributed by atoms with Crippen LogP contribution in [0.5, 0.6) is 5.75 Å². The van der Waals surface area contributed by atoms with Gasteiger partial charge in [-0.3, -0.25) is 9.59 Å². The number of amides is 1. The molecule has 1 aliphatic rings. The summed E-state index contributed by atoms with van der Waals surface area (Å²) in [6.07, 6.45) is -0.0113. The van der Waals surface area contributed by atoms with E-state index in [2.05, 4.69) is 0 Å². The number of benzene rings is 1. The number of carbonyl (C=O) groups excluding carboxylic acids is 1. The van der Waals surface area contributed by atoms with Gasteiger partial charge in [-0.05, 0) is 17.7 Å². The lowest BCUT2D eigenvalue weighted by Crippen LogP contribution is -2.42. The Hall–Kier alpha value is -2.49. The molecule has 0 spiro atoms. The number of hydrogen-bond acceptors (Lipinski definition) is 4. The van der Waals surface area contributed by atoms with E-state index >= 15 is 0 Å². The van der Waals surface area contributed by atoms with Crippen LogP contribution in [0.15, 0.2) is 29.1 Å². The molecule has 25 heavy (non-hydrogen) atoms. The van der Waals surface area contributed by atoms with E-state index in [9.17, 15) is 14.7 Å². The van der Waals surface area contributed by atoms with Gasteiger partial charge in [-0.25, -0.2) is 0 Å². The maximum Gasteiger partial charge on any atom is 0.274 e. The summed E-state index contributed by atoms with van der Waals surface area (Å²) in [5.74, 6) is -1.06. The van der Waals surface area contributed by atoms with Crippen molar-refractivity contribution in [3.63, 3.8) is 0 Å². The van der Waals surface area contributed by atoms with Gasteiger partial charge >= 0.3 is 0 Å². The largest absolute Gasteiger partial charge is 0.503 e. The second kappa shape index (κ2) is 6.79. The molecule has 0 saturated heterocycles. The van der Waals surface area contributed by atoms with Crippen LogP contribution in [0.3, 0.4) is 0 Å². The highest BCUT2D eigenvalue weighted by Crippen LogP contribution is 2.26. The van der Waals surface area contributed by atoms with Crippen LogP contribution >= 0.6 is 23.2 Å². The molecular weight excluding hydrogens is 365 g/mol. The molecule has 1 N–H and O–H groups in total. The molecule has 2 aromatic rings. The SMILES string of the molecule is N#CCc1cc(=O)c(O)c2n1CCN(Cc1ccc(Cl)c(Cl)c1)C2=O. The van der Waals surface area contributed by atoms with Gasteiger partial charge in [0.2, 0.25) is 5.43 Å². The Balaban J connectivity index is 1.97. The minimum atomic E-state index is -0.666. The monoisotopic (exact) mass is 377 g/mol. The zero-order valence-electron chi connectivity index (χ0n) is 13.0. The van der Waals surface area contributed by atoms with Gasteiger partial charge in [0.1, 0.15) is 0 Å². The molecule has 8 heteroatoms. The first kappa shape index (κ1) is 17.3. The van der Waals surface area contributed by atoms with Crippen LogP contribution in [0.25, 0.3) is 0 Å². The summed E-state index contributed by atoms with van der Waals surface area (Å²) in [6.45, 7) is 1.03. The van der Waals surface area contributed by atoms with Crippen LogP contribution in [0.4, 0.5) is 0 Å². The van der Waals surface area contributed by atoms with E-state index in [0.717, 1.165) is 5.56 Å². The van der Waals surface area contributed by atoms with Crippen molar-refractivity contribution in [2.45, 2.75) is 19.5 Å². The fraction of sp³-hybridized carbons (Fsp3) is 0.235. The number of pyridine rings is 1. The average molecular weight is 378 g/mol. The number of carbonyl (C=O) groups is 1. The van der Waals surface area contributed by atoms with Gasteiger partial charge in [-0.1, -0.05) is 29.3 Å². The summed E-state index contributed by atoms with van der Waals surface area (Å²) in [5, 5.41) is 19.8. The summed E-state index contributed by atoms with van der Waals surface area (Å²) in [6, 6.07) is 8.24. The second-order valence-corrected chi connectivity index (χ2v) is 6.47. The Morgan fingerprint density at radius 1 is 1.16 bits per heavy atom. The second-order valence-electron chi connectivity index (χ2n) is 5.66. The minimum Gasteiger partial charge on any atom is -0.503 e. The molecular formula is C17H13Cl2N3O3. The molecule has 1 aromatic heterocycles. The number of nitriles is 1. The van der Waals surface area contributed by atoms with Gasteiger partial charge in [0.15, 0.2) is 11.4 Å². The first-order valence-electron chi connectivity index (χ1n) is 7.48. The Kier molecular flexibility index (Phi) is 4.71. The zero-order valence-corrected chi connectivity index (χ0v) is 14.5. The molecule has 0 unspecified atom stereocenters. The normalized spacial score (nSPS) is 13.5. The molecule has 1 aliphatic heterocycles. The van der Waals surface area contributed by atoms with E-state index in [1.165, 1.54) is 15.5 Å². The summed E-state index contributed by atoms with van der Waals surface area (Å²) in [5.41, 5.74) is 0.458. The number of rotatable bonds is 3. The quantitative estimate of drug-likeness (QED) is 0.890. The van der Waals surface area contributed by atoms with Crippen LogP contribution < -0.4 is 5.43 Å². The Morgan fingerprint density at radius 2 is 1.92 bits per heavy atom. The molecule has 0 saturated carbocycles. The lowest BCUT2D eigenvalue weighted by molar-refractivity contribution is 0.0681. The van der Waals surface area contributed by atoms with Crippen molar-refractivity contribution >= 4 is 29.1 Å². The summed E-state index contributed by atoms with van der Waals surface area (Å²) in [7, 11) is 0. The molecule has 6 nitrogen and oxygen atoms in total. The van der Waals surface area contributed by atoms with Crippen molar-refractivity contribution in [2.24, 2.45) is 0 Å². The van der Waals surface area contributed by atoms with E-state index < -0.39 is 17.1 Å². The molecule has 0 bridgehead atoms. The van der Waals surface area contributed by atoms with Crippen molar-refractivity contribution in [1.82, 2.24) is 9.47 Å². The number of nitrogens with zero attached hydrogens (tertiary/aromatic N) is 3. The molecule has 1 amide bonds. The molecule has 2 heterocycles. The predicted molar refractivity (Wildman–Crippen MR) is 92.9 cm³/mol. The first-order chi connectivity index (χ1) is 11.9. The predicted octanol–water partition coefficient (Wildman–Crippen LogP) is 2.58. The summed E-state index contributed by atoms with van der Waals surface area (Å²) in [4.78, 5) is 26.2. The molecule has 3 rings (SSSR count). The van der Waals surface area contributed by atoms with Crippen LogP contribution in [0.1, 0.15) is 21.7 Å². The fourth-order valence-corrected chi connectivity index (χ4v) is 3.19. The van der Waals surface area contributed by atoms with Crippen LogP contribution in [-0.2, 0) is 19.5 Å². The summed E-state index contributed by atoms with van der Waals surface area (Å²) < 4.78 is 1.54. The topological polar surface area (TPSA) is 86.3 Å². The van der Waals surface area contributed by atoms with E-state index in [0.29, 0.717) is 28.8 Å². The van der Waals surface area contributed by atoms with Gasteiger partial charge in [0.25, 0.3) is 5.91 Å². The zero-order chi connectivity index (χ0) is 18.1. The number of aromatic nitrogens is 1. The lowest BCUT2D eigenvalue weighted by Gasteiger charge is -2.31. The molecule has 0 radical (unpaired) electrons. The third-order valence-electron chi connectivity index (χ3n) is 4.07. The number of halogens is 2. The van der Waals surface area contributed by atoms with Crippen LogP contribution in [-0.4, -0.2) is 27.0 Å². The minimum absolute atomic E-state index is 0.0113. The van der Waals surface area contributed by atoms with Crippen molar-refractivity contribution in [3.8, 4) is 11.8 Å². The highest BCUT2D eigenvalue weighted by atomic mass is 35.5. The third-order valence-corrected chi connectivity index (χ3v) is 4.81. The highest BCUT2D eigenvalue weighted by molar-refractivity contribution is 6.42. The Morgan fingerprint density at radius 3 is 2.60 bits per heavy atom. The van der Waals surface area contributed by atoms with Crippen molar-refractivity contribution in [2.75, 3.05) is 6.54 Å². The smallest absolute Gasteiger partial charge is 0.274 e. The number of hydrogen-bond donors (Lipinski definition) is 1. The van der Waals surface area contributed by atoms with Gasteiger partial charge in [-0.2, -0.15) is 5.26 Å². The van der Waals surface area contributed by atoms with Crippen LogP contribution in [0, 0.1) is 11.3 Å².